The Balaban J connectivity index is 1.69. The van der Waals surface area contributed by atoms with Gasteiger partial charge >= 0.3 is 0 Å². The molecular weight excluding hydrogens is 443 g/mol. The summed E-state index contributed by atoms with van der Waals surface area (Å²) < 4.78 is 24.6. The summed E-state index contributed by atoms with van der Waals surface area (Å²) in [4.78, 5) is 29.7. The Labute approximate surface area is 196 Å². The van der Waals surface area contributed by atoms with Gasteiger partial charge in [0.15, 0.2) is 11.6 Å². The molecule has 0 aromatic heterocycles. The number of methoxy groups -OCH3 is 1. The molecule has 2 aromatic carbocycles. The maximum absolute atomic E-state index is 14.3. The number of halogens is 1. The molecule has 34 heavy (non-hydrogen) atoms. The second kappa shape index (κ2) is 10.2. The van der Waals surface area contributed by atoms with Gasteiger partial charge in [0.1, 0.15) is 11.5 Å². The summed E-state index contributed by atoms with van der Waals surface area (Å²) in [6.45, 7) is 3.92. The lowest BCUT2D eigenvalue weighted by molar-refractivity contribution is -0.140. The summed E-state index contributed by atoms with van der Waals surface area (Å²) in [6, 6.07) is 9.11. The van der Waals surface area contributed by atoms with E-state index in [1.807, 2.05) is 0 Å². The van der Waals surface area contributed by atoms with Gasteiger partial charge in [0.25, 0.3) is 11.7 Å². The second-order valence-electron chi connectivity index (χ2n) is 8.24. The molecule has 0 radical (unpaired) electrons. The maximum Gasteiger partial charge on any atom is 0.295 e. The van der Waals surface area contributed by atoms with E-state index >= 15 is 0 Å². The fraction of sp³-hybridized carbons (Fsp3) is 0.360. The Hall–Kier alpha value is -3.43. The number of carbonyl (C=O) groups excluding carboxylic acids is 2. The number of morpholine rings is 1. The van der Waals surface area contributed by atoms with E-state index in [9.17, 15) is 24.2 Å². The number of ether oxygens (including phenoxy) is 2. The lowest BCUT2D eigenvalue weighted by Crippen LogP contribution is -2.38. The zero-order valence-corrected chi connectivity index (χ0v) is 18.9. The zero-order chi connectivity index (χ0) is 24.2. The first-order valence-corrected chi connectivity index (χ1v) is 11.1. The van der Waals surface area contributed by atoms with Crippen molar-refractivity contribution in [3.8, 4) is 11.5 Å². The molecular formula is C25H27FN2O6. The summed E-state index contributed by atoms with van der Waals surface area (Å²) in [7, 11) is 1.32. The van der Waals surface area contributed by atoms with Crippen LogP contribution in [0.1, 0.15) is 23.6 Å². The largest absolute Gasteiger partial charge is 0.508 e. The van der Waals surface area contributed by atoms with Crippen molar-refractivity contribution in [1.82, 2.24) is 9.80 Å². The van der Waals surface area contributed by atoms with Crippen LogP contribution >= 0.6 is 0 Å². The Morgan fingerprint density at radius 2 is 1.91 bits per heavy atom. The van der Waals surface area contributed by atoms with Crippen molar-refractivity contribution < 1.29 is 33.7 Å². The number of phenolic OH excluding ortho intramolecular Hbond substituents is 1. The van der Waals surface area contributed by atoms with Crippen molar-refractivity contribution in [2.75, 3.05) is 46.5 Å². The molecule has 0 saturated carbocycles. The van der Waals surface area contributed by atoms with Crippen molar-refractivity contribution >= 4 is 17.4 Å². The van der Waals surface area contributed by atoms with E-state index in [4.69, 9.17) is 9.47 Å². The van der Waals surface area contributed by atoms with Crippen molar-refractivity contribution in [2.45, 2.75) is 12.5 Å². The first-order valence-electron chi connectivity index (χ1n) is 11.1. The number of hydrogen-bond acceptors (Lipinski definition) is 7. The van der Waals surface area contributed by atoms with Crippen LogP contribution in [0.2, 0.25) is 0 Å². The molecule has 0 bridgehead atoms. The molecule has 2 aliphatic heterocycles. The molecule has 2 aliphatic rings. The van der Waals surface area contributed by atoms with Crippen molar-refractivity contribution in [3.63, 3.8) is 0 Å². The Bertz CT molecular complexity index is 1110. The van der Waals surface area contributed by atoms with Gasteiger partial charge in [-0.15, -0.1) is 0 Å². The highest BCUT2D eigenvalue weighted by molar-refractivity contribution is 6.46. The van der Waals surface area contributed by atoms with Crippen LogP contribution in [0.4, 0.5) is 4.39 Å². The van der Waals surface area contributed by atoms with E-state index in [1.165, 1.54) is 36.3 Å². The number of rotatable bonds is 7. The minimum absolute atomic E-state index is 0.00959. The highest BCUT2D eigenvalue weighted by Gasteiger charge is 2.46. The number of Topliss-reactive ketones (excluding diaryl/α,β-unsaturated/α-hetero) is 1. The van der Waals surface area contributed by atoms with Gasteiger partial charge in [-0.3, -0.25) is 14.5 Å². The van der Waals surface area contributed by atoms with Crippen molar-refractivity contribution in [1.29, 1.82) is 0 Å². The van der Waals surface area contributed by atoms with Crippen LogP contribution in [0.5, 0.6) is 11.5 Å². The van der Waals surface area contributed by atoms with Crippen LogP contribution in [-0.2, 0) is 14.3 Å². The molecule has 9 heteroatoms. The highest BCUT2D eigenvalue weighted by Crippen LogP contribution is 2.40. The van der Waals surface area contributed by atoms with Gasteiger partial charge in [0.2, 0.25) is 0 Å². The van der Waals surface area contributed by atoms with E-state index in [0.717, 1.165) is 25.7 Å². The second-order valence-corrected chi connectivity index (χ2v) is 8.24. The van der Waals surface area contributed by atoms with Crippen LogP contribution in [0, 0.1) is 5.82 Å². The minimum atomic E-state index is -0.915. The van der Waals surface area contributed by atoms with Crippen LogP contribution in [0.15, 0.2) is 48.0 Å². The fourth-order valence-electron chi connectivity index (χ4n) is 4.41. The molecule has 0 aliphatic carbocycles. The monoisotopic (exact) mass is 470 g/mol. The summed E-state index contributed by atoms with van der Waals surface area (Å²) >= 11 is 0. The summed E-state index contributed by atoms with van der Waals surface area (Å²) in [5, 5.41) is 21.1. The van der Waals surface area contributed by atoms with Gasteiger partial charge < -0.3 is 24.6 Å². The van der Waals surface area contributed by atoms with E-state index in [-0.39, 0.29) is 29.2 Å². The third-order valence-corrected chi connectivity index (χ3v) is 6.13. The smallest absolute Gasteiger partial charge is 0.295 e. The zero-order valence-electron chi connectivity index (χ0n) is 18.9. The number of hydrogen-bond donors (Lipinski definition) is 2. The standard InChI is InChI=1S/C25H27FN2O6/c1-33-20-7-6-17(15-19(20)26)23(30)21-22(16-4-2-5-18(29)14-16)28(25(32)24(21)31)9-3-8-27-10-12-34-13-11-27/h2,4-7,14-15,22,29-30H,3,8-13H2,1H3/t22-/m1/s1. The van der Waals surface area contributed by atoms with E-state index < -0.39 is 29.3 Å². The number of ketones is 1. The summed E-state index contributed by atoms with van der Waals surface area (Å²) in [6.07, 6.45) is 0.611. The van der Waals surface area contributed by atoms with Gasteiger partial charge in [-0.25, -0.2) is 4.39 Å². The van der Waals surface area contributed by atoms with Gasteiger partial charge in [0.05, 0.1) is 31.9 Å². The first kappa shape index (κ1) is 23.7. The van der Waals surface area contributed by atoms with E-state index in [0.29, 0.717) is 25.2 Å². The molecule has 1 amide bonds. The highest BCUT2D eigenvalue weighted by atomic mass is 19.1. The first-order chi connectivity index (χ1) is 16.4. The SMILES string of the molecule is COc1ccc(C(O)=C2C(=O)C(=O)N(CCCN3CCOCC3)[C@@H]2c2cccc(O)c2)cc1F. The third kappa shape index (κ3) is 4.76. The molecule has 180 valence electrons. The van der Waals surface area contributed by atoms with Crippen molar-refractivity contribution in [3.05, 3.63) is 65.0 Å². The average Bonchev–Trinajstić information content (AvgIpc) is 3.09. The quantitative estimate of drug-likeness (QED) is 0.365. The van der Waals surface area contributed by atoms with Gasteiger partial charge in [-0.05, 0) is 42.3 Å². The number of carbonyl (C=O) groups is 2. The Morgan fingerprint density at radius 1 is 1.15 bits per heavy atom. The van der Waals surface area contributed by atoms with Crippen LogP contribution in [-0.4, -0.2) is 78.2 Å². The molecule has 1 atom stereocenters. The molecule has 2 aromatic rings. The van der Waals surface area contributed by atoms with Gasteiger partial charge in [-0.1, -0.05) is 12.1 Å². The number of aliphatic hydroxyl groups excluding tert-OH is 1. The van der Waals surface area contributed by atoms with Crippen LogP contribution in [0.25, 0.3) is 5.76 Å². The third-order valence-electron chi connectivity index (χ3n) is 6.13. The topological polar surface area (TPSA) is 99.5 Å². The number of aliphatic hydroxyl groups is 1. The lowest BCUT2D eigenvalue weighted by Gasteiger charge is -2.29. The lowest BCUT2D eigenvalue weighted by atomic mass is 9.95. The predicted octanol–water partition coefficient (Wildman–Crippen LogP) is 2.68. The average molecular weight is 470 g/mol. The molecule has 4 rings (SSSR count). The summed E-state index contributed by atoms with van der Waals surface area (Å²) in [5.74, 6) is -2.83. The fourth-order valence-corrected chi connectivity index (χ4v) is 4.41. The Morgan fingerprint density at radius 3 is 2.59 bits per heavy atom. The van der Waals surface area contributed by atoms with Crippen molar-refractivity contribution in [2.24, 2.45) is 0 Å². The predicted molar refractivity (Wildman–Crippen MR) is 122 cm³/mol. The molecule has 2 saturated heterocycles. The minimum Gasteiger partial charge on any atom is -0.508 e. The molecule has 2 heterocycles. The summed E-state index contributed by atoms with van der Waals surface area (Å²) in [5.41, 5.74) is 0.377. The van der Waals surface area contributed by atoms with Crippen LogP contribution < -0.4 is 4.74 Å². The van der Waals surface area contributed by atoms with Gasteiger partial charge in [-0.2, -0.15) is 0 Å². The number of likely N-dealkylation sites (tertiary alicyclic amines) is 1. The number of nitrogens with zero attached hydrogens (tertiary/aromatic N) is 2. The molecule has 0 spiro atoms. The molecule has 2 N–H and O–H groups in total. The number of benzene rings is 2. The Kier molecular flexibility index (Phi) is 7.14. The number of phenols is 1. The van der Waals surface area contributed by atoms with E-state index in [2.05, 4.69) is 4.90 Å². The van der Waals surface area contributed by atoms with Gasteiger partial charge in [0, 0.05) is 31.7 Å². The molecule has 0 unspecified atom stereocenters. The van der Waals surface area contributed by atoms with E-state index in [1.54, 1.807) is 12.1 Å². The number of aromatic hydroxyl groups is 1. The molecule has 8 nitrogen and oxygen atoms in total. The van der Waals surface area contributed by atoms with Crippen LogP contribution in [0.3, 0.4) is 0 Å². The normalized spacial score (nSPS) is 20.6. The number of amides is 1. The maximum atomic E-state index is 14.3. The molecule has 2 fully saturated rings.